The van der Waals surface area contributed by atoms with Gasteiger partial charge in [0.05, 0.1) is 18.3 Å². The summed E-state index contributed by atoms with van der Waals surface area (Å²) in [7, 11) is 1.58. The molecule has 4 heteroatoms. The van der Waals surface area contributed by atoms with Crippen LogP contribution in [-0.4, -0.2) is 11.7 Å². The predicted octanol–water partition coefficient (Wildman–Crippen LogP) is 2.58. The van der Waals surface area contributed by atoms with E-state index < -0.39 is 0 Å². The average Bonchev–Trinajstić information content (AvgIpc) is 2.48. The number of nitrogen functional groups attached to an aromatic ring is 1. The molecule has 20 heavy (non-hydrogen) atoms. The highest BCUT2D eigenvalue weighted by molar-refractivity contribution is 5.80. The second-order valence-corrected chi connectivity index (χ2v) is 4.49. The van der Waals surface area contributed by atoms with Crippen molar-refractivity contribution in [3.8, 4) is 11.4 Å². The first-order valence-corrected chi connectivity index (χ1v) is 6.25. The molecule has 0 aliphatic heterocycles. The highest BCUT2D eigenvalue weighted by Gasteiger charge is 2.06. The van der Waals surface area contributed by atoms with Gasteiger partial charge in [-0.1, -0.05) is 12.1 Å². The Morgan fingerprint density at radius 1 is 1.10 bits per heavy atom. The summed E-state index contributed by atoms with van der Waals surface area (Å²) in [5.74, 6) is 0.638. The van der Waals surface area contributed by atoms with Crippen molar-refractivity contribution >= 4 is 16.6 Å². The normalized spacial score (nSPS) is 10.7. The number of nitrogens with two attached hydrogens (primary N) is 1. The van der Waals surface area contributed by atoms with Gasteiger partial charge in [0.1, 0.15) is 5.75 Å². The van der Waals surface area contributed by atoms with Crippen LogP contribution in [0.2, 0.25) is 0 Å². The number of nitrogens with zero attached hydrogens (tertiary/aromatic N) is 1. The number of ether oxygens (including phenoxy) is 1. The molecule has 0 spiro atoms. The number of methoxy groups -OCH3 is 1. The fraction of sp³-hybridized carbons (Fsp3) is 0.0625. The van der Waals surface area contributed by atoms with Gasteiger partial charge in [0.25, 0.3) is 0 Å². The molecule has 0 radical (unpaired) electrons. The zero-order valence-electron chi connectivity index (χ0n) is 11.0. The molecule has 0 unspecified atom stereocenters. The SMILES string of the molecule is COc1ccc(-n2ccc(=O)c3ccccc32)cc1N. The Bertz CT molecular complexity index is 837. The van der Waals surface area contributed by atoms with Gasteiger partial charge in [-0.25, -0.2) is 0 Å². The van der Waals surface area contributed by atoms with Gasteiger partial charge < -0.3 is 15.0 Å². The van der Waals surface area contributed by atoms with Gasteiger partial charge in [-0.05, 0) is 30.3 Å². The minimum atomic E-state index is 0.0123. The molecule has 0 amide bonds. The zero-order valence-corrected chi connectivity index (χ0v) is 11.0. The second-order valence-electron chi connectivity index (χ2n) is 4.49. The summed E-state index contributed by atoms with van der Waals surface area (Å²) in [4.78, 5) is 11.9. The van der Waals surface area contributed by atoms with Crippen LogP contribution in [0.3, 0.4) is 0 Å². The van der Waals surface area contributed by atoms with E-state index in [0.29, 0.717) is 16.8 Å². The number of hydrogen-bond acceptors (Lipinski definition) is 3. The Hall–Kier alpha value is -2.75. The molecule has 0 aliphatic rings. The topological polar surface area (TPSA) is 57.2 Å². The van der Waals surface area contributed by atoms with Gasteiger partial charge >= 0.3 is 0 Å². The van der Waals surface area contributed by atoms with Crippen LogP contribution in [0.15, 0.2) is 59.5 Å². The van der Waals surface area contributed by atoms with Crippen molar-refractivity contribution in [3.05, 3.63) is 65.0 Å². The van der Waals surface area contributed by atoms with E-state index in [2.05, 4.69) is 0 Å². The first kappa shape index (κ1) is 12.3. The van der Waals surface area contributed by atoms with Crippen molar-refractivity contribution in [1.82, 2.24) is 4.57 Å². The molecule has 4 nitrogen and oxygen atoms in total. The van der Waals surface area contributed by atoms with Crippen molar-refractivity contribution in [2.45, 2.75) is 0 Å². The van der Waals surface area contributed by atoms with Gasteiger partial charge in [-0.3, -0.25) is 4.79 Å². The lowest BCUT2D eigenvalue weighted by atomic mass is 10.2. The van der Waals surface area contributed by atoms with Crippen molar-refractivity contribution in [2.24, 2.45) is 0 Å². The Morgan fingerprint density at radius 3 is 2.65 bits per heavy atom. The van der Waals surface area contributed by atoms with E-state index in [1.165, 1.54) is 0 Å². The van der Waals surface area contributed by atoms with Crippen LogP contribution in [0.25, 0.3) is 16.6 Å². The summed E-state index contributed by atoms with van der Waals surface area (Å²) in [5.41, 5.74) is 8.26. The molecule has 3 rings (SSSR count). The lowest BCUT2D eigenvalue weighted by Gasteiger charge is -2.12. The number of rotatable bonds is 2. The van der Waals surface area contributed by atoms with Crippen molar-refractivity contribution in [1.29, 1.82) is 0 Å². The summed E-state index contributed by atoms with van der Waals surface area (Å²) < 4.78 is 7.10. The van der Waals surface area contributed by atoms with E-state index in [0.717, 1.165) is 11.2 Å². The van der Waals surface area contributed by atoms with Crippen molar-refractivity contribution < 1.29 is 4.74 Å². The third-order valence-corrected chi connectivity index (χ3v) is 3.30. The smallest absolute Gasteiger partial charge is 0.189 e. The van der Waals surface area contributed by atoms with E-state index >= 15 is 0 Å². The van der Waals surface area contributed by atoms with Crippen molar-refractivity contribution in [3.63, 3.8) is 0 Å². The molecular formula is C16H14N2O2. The largest absolute Gasteiger partial charge is 0.495 e. The summed E-state index contributed by atoms with van der Waals surface area (Å²) in [6.07, 6.45) is 1.76. The fourth-order valence-corrected chi connectivity index (χ4v) is 2.30. The quantitative estimate of drug-likeness (QED) is 0.725. The Morgan fingerprint density at radius 2 is 1.90 bits per heavy atom. The highest BCUT2D eigenvalue weighted by Crippen LogP contribution is 2.25. The van der Waals surface area contributed by atoms with Crippen LogP contribution >= 0.6 is 0 Å². The zero-order chi connectivity index (χ0) is 14.1. The molecule has 2 aromatic carbocycles. The highest BCUT2D eigenvalue weighted by atomic mass is 16.5. The Labute approximate surface area is 116 Å². The molecule has 0 fully saturated rings. The number of aromatic nitrogens is 1. The molecule has 2 N–H and O–H groups in total. The van der Waals surface area contributed by atoms with E-state index in [1.807, 2.05) is 47.0 Å². The Kier molecular flexibility index (Phi) is 2.91. The summed E-state index contributed by atoms with van der Waals surface area (Å²) in [6, 6.07) is 14.6. The number of benzene rings is 2. The maximum atomic E-state index is 11.9. The van der Waals surface area contributed by atoms with Crippen LogP contribution in [-0.2, 0) is 0 Å². The number of para-hydroxylation sites is 1. The molecule has 0 saturated carbocycles. The molecule has 0 saturated heterocycles. The second kappa shape index (κ2) is 4.74. The van der Waals surface area contributed by atoms with Crippen LogP contribution in [0.1, 0.15) is 0 Å². The third kappa shape index (κ3) is 1.91. The maximum Gasteiger partial charge on any atom is 0.189 e. The minimum absolute atomic E-state index is 0.0123. The molecule has 1 aromatic heterocycles. The monoisotopic (exact) mass is 266 g/mol. The first-order chi connectivity index (χ1) is 9.70. The summed E-state index contributed by atoms with van der Waals surface area (Å²) in [6.45, 7) is 0. The molecule has 0 atom stereocenters. The van der Waals surface area contributed by atoms with Gasteiger partial charge in [0.2, 0.25) is 0 Å². The molecule has 0 aliphatic carbocycles. The van der Waals surface area contributed by atoms with Crippen LogP contribution in [0, 0.1) is 0 Å². The van der Waals surface area contributed by atoms with E-state index in [-0.39, 0.29) is 5.43 Å². The van der Waals surface area contributed by atoms with E-state index in [1.54, 1.807) is 19.4 Å². The van der Waals surface area contributed by atoms with E-state index in [9.17, 15) is 4.79 Å². The van der Waals surface area contributed by atoms with Gasteiger partial charge in [-0.15, -0.1) is 0 Å². The number of hydrogen-bond donors (Lipinski definition) is 1. The van der Waals surface area contributed by atoms with E-state index in [4.69, 9.17) is 10.5 Å². The lowest BCUT2D eigenvalue weighted by Crippen LogP contribution is -2.06. The molecule has 100 valence electrons. The van der Waals surface area contributed by atoms with Crippen molar-refractivity contribution in [2.75, 3.05) is 12.8 Å². The third-order valence-electron chi connectivity index (χ3n) is 3.30. The number of anilines is 1. The number of pyridine rings is 1. The molecular weight excluding hydrogens is 252 g/mol. The standard InChI is InChI=1S/C16H14N2O2/c1-20-16-7-6-11(10-13(16)17)18-9-8-15(19)12-4-2-3-5-14(12)18/h2-10H,17H2,1H3. The maximum absolute atomic E-state index is 11.9. The van der Waals surface area contributed by atoms with Gasteiger partial charge in [0.15, 0.2) is 5.43 Å². The van der Waals surface area contributed by atoms with Gasteiger partial charge in [-0.2, -0.15) is 0 Å². The van der Waals surface area contributed by atoms with Crippen LogP contribution in [0.5, 0.6) is 5.75 Å². The average molecular weight is 266 g/mol. The number of fused-ring (bicyclic) bond motifs is 1. The fourth-order valence-electron chi connectivity index (χ4n) is 2.30. The summed E-state index contributed by atoms with van der Waals surface area (Å²) >= 11 is 0. The minimum Gasteiger partial charge on any atom is -0.495 e. The Balaban J connectivity index is 2.27. The first-order valence-electron chi connectivity index (χ1n) is 6.25. The van der Waals surface area contributed by atoms with Crippen LogP contribution < -0.4 is 15.9 Å². The molecule has 3 aromatic rings. The predicted molar refractivity (Wildman–Crippen MR) is 80.5 cm³/mol. The lowest BCUT2D eigenvalue weighted by molar-refractivity contribution is 0.417. The summed E-state index contributed by atoms with van der Waals surface area (Å²) in [5, 5.41) is 0.685. The van der Waals surface area contributed by atoms with Crippen LogP contribution in [0.4, 0.5) is 5.69 Å². The van der Waals surface area contributed by atoms with Gasteiger partial charge in [0, 0.05) is 23.3 Å². The molecule has 0 bridgehead atoms. The molecule has 1 heterocycles.